The van der Waals surface area contributed by atoms with Gasteiger partial charge in [0, 0.05) is 12.4 Å². The maximum Gasteiger partial charge on any atom is 0.309 e. The van der Waals surface area contributed by atoms with Gasteiger partial charge in [0.25, 0.3) is 0 Å². The van der Waals surface area contributed by atoms with Crippen molar-refractivity contribution in [3.8, 4) is 0 Å². The predicted molar refractivity (Wildman–Crippen MR) is 65.6 cm³/mol. The van der Waals surface area contributed by atoms with Gasteiger partial charge in [0.15, 0.2) is 0 Å². The smallest absolute Gasteiger partial charge is 0.309 e. The standard InChI is InChI=1S/C14H19NO2/c1-2-11-5-6-14(8-11,13(16)17)9-12-4-3-7-15-10-12/h3-4,7,10-11H,2,5-6,8-9H2,1H3,(H,16,17). The van der Waals surface area contributed by atoms with E-state index in [-0.39, 0.29) is 0 Å². The van der Waals surface area contributed by atoms with Gasteiger partial charge in [-0.1, -0.05) is 19.4 Å². The van der Waals surface area contributed by atoms with Crippen LogP contribution in [0.3, 0.4) is 0 Å². The van der Waals surface area contributed by atoms with E-state index in [9.17, 15) is 9.90 Å². The van der Waals surface area contributed by atoms with Crippen LogP contribution in [0.1, 0.15) is 38.2 Å². The molecule has 3 heteroatoms. The fourth-order valence-electron chi connectivity index (χ4n) is 2.91. The molecule has 0 saturated heterocycles. The molecule has 2 unspecified atom stereocenters. The van der Waals surface area contributed by atoms with Crippen LogP contribution < -0.4 is 0 Å². The van der Waals surface area contributed by atoms with Crippen LogP contribution in [0.4, 0.5) is 0 Å². The van der Waals surface area contributed by atoms with E-state index in [2.05, 4.69) is 11.9 Å². The summed E-state index contributed by atoms with van der Waals surface area (Å²) in [4.78, 5) is 15.6. The van der Waals surface area contributed by atoms with Gasteiger partial charge < -0.3 is 5.11 Å². The van der Waals surface area contributed by atoms with Crippen molar-refractivity contribution in [2.24, 2.45) is 11.3 Å². The molecule has 2 atom stereocenters. The maximum absolute atomic E-state index is 11.6. The molecule has 2 rings (SSSR count). The quantitative estimate of drug-likeness (QED) is 0.870. The second kappa shape index (κ2) is 4.86. The minimum atomic E-state index is -0.641. The van der Waals surface area contributed by atoms with Crippen LogP contribution in [-0.2, 0) is 11.2 Å². The molecule has 1 N–H and O–H groups in total. The molecular formula is C14H19NO2. The number of hydrogen-bond donors (Lipinski definition) is 1. The van der Waals surface area contributed by atoms with Gasteiger partial charge in [-0.25, -0.2) is 0 Å². The summed E-state index contributed by atoms with van der Waals surface area (Å²) in [5.74, 6) is -0.0694. The van der Waals surface area contributed by atoms with Crippen molar-refractivity contribution < 1.29 is 9.90 Å². The molecule has 17 heavy (non-hydrogen) atoms. The number of pyridine rings is 1. The highest BCUT2D eigenvalue weighted by Crippen LogP contribution is 2.45. The van der Waals surface area contributed by atoms with Gasteiger partial charge in [-0.3, -0.25) is 9.78 Å². The Morgan fingerprint density at radius 1 is 1.65 bits per heavy atom. The molecule has 0 radical (unpaired) electrons. The highest BCUT2D eigenvalue weighted by molar-refractivity contribution is 5.75. The van der Waals surface area contributed by atoms with Crippen LogP contribution >= 0.6 is 0 Å². The van der Waals surface area contributed by atoms with Crippen LogP contribution in [0.2, 0.25) is 0 Å². The van der Waals surface area contributed by atoms with E-state index in [0.29, 0.717) is 12.3 Å². The normalized spacial score (nSPS) is 28.2. The SMILES string of the molecule is CCC1CCC(Cc2cccnc2)(C(=O)O)C1. The number of rotatable bonds is 4. The Labute approximate surface area is 102 Å². The zero-order valence-electron chi connectivity index (χ0n) is 10.2. The second-order valence-corrected chi connectivity index (χ2v) is 5.14. The average Bonchev–Trinajstić information content (AvgIpc) is 2.75. The molecule has 1 aliphatic carbocycles. The van der Waals surface area contributed by atoms with Gasteiger partial charge in [0.05, 0.1) is 5.41 Å². The fourth-order valence-corrected chi connectivity index (χ4v) is 2.91. The van der Waals surface area contributed by atoms with E-state index in [1.54, 1.807) is 12.4 Å². The van der Waals surface area contributed by atoms with Crippen molar-refractivity contribution >= 4 is 5.97 Å². The Hall–Kier alpha value is -1.38. The van der Waals surface area contributed by atoms with E-state index in [0.717, 1.165) is 31.2 Å². The molecule has 1 aromatic heterocycles. The van der Waals surface area contributed by atoms with Crippen molar-refractivity contribution in [1.82, 2.24) is 4.98 Å². The lowest BCUT2D eigenvalue weighted by Gasteiger charge is -2.24. The van der Waals surface area contributed by atoms with Crippen molar-refractivity contribution in [2.45, 2.75) is 39.0 Å². The van der Waals surface area contributed by atoms with Crippen LogP contribution in [-0.4, -0.2) is 16.1 Å². The van der Waals surface area contributed by atoms with E-state index in [4.69, 9.17) is 0 Å². The fraction of sp³-hybridized carbons (Fsp3) is 0.571. The summed E-state index contributed by atoms with van der Waals surface area (Å²) in [6.45, 7) is 2.15. The lowest BCUT2D eigenvalue weighted by molar-refractivity contribution is -0.148. The number of aliphatic carboxylic acids is 1. The van der Waals surface area contributed by atoms with Gasteiger partial charge >= 0.3 is 5.97 Å². The third-order valence-corrected chi connectivity index (χ3v) is 4.01. The minimum Gasteiger partial charge on any atom is -0.481 e. The molecule has 3 nitrogen and oxygen atoms in total. The second-order valence-electron chi connectivity index (χ2n) is 5.14. The number of aromatic nitrogens is 1. The zero-order valence-corrected chi connectivity index (χ0v) is 10.2. The third kappa shape index (κ3) is 2.48. The van der Waals surface area contributed by atoms with Crippen molar-refractivity contribution in [3.05, 3.63) is 30.1 Å². The molecule has 0 bridgehead atoms. The Bertz CT molecular complexity index is 390. The summed E-state index contributed by atoms with van der Waals surface area (Å²) in [6, 6.07) is 3.84. The first-order chi connectivity index (χ1) is 8.16. The van der Waals surface area contributed by atoms with Crippen LogP contribution in [0.5, 0.6) is 0 Å². The van der Waals surface area contributed by atoms with E-state index >= 15 is 0 Å². The number of carboxylic acids is 1. The monoisotopic (exact) mass is 233 g/mol. The molecule has 1 aromatic rings. The largest absolute Gasteiger partial charge is 0.481 e. The molecule has 1 heterocycles. The van der Waals surface area contributed by atoms with E-state index in [1.165, 1.54) is 0 Å². The topological polar surface area (TPSA) is 50.2 Å². The van der Waals surface area contributed by atoms with Gasteiger partial charge in [-0.2, -0.15) is 0 Å². The van der Waals surface area contributed by atoms with Gasteiger partial charge in [0.1, 0.15) is 0 Å². The highest BCUT2D eigenvalue weighted by Gasteiger charge is 2.44. The average molecular weight is 233 g/mol. The Morgan fingerprint density at radius 2 is 2.47 bits per heavy atom. The highest BCUT2D eigenvalue weighted by atomic mass is 16.4. The van der Waals surface area contributed by atoms with Gasteiger partial charge in [-0.15, -0.1) is 0 Å². The predicted octanol–water partition coefficient (Wildman–Crippen LogP) is 2.91. The molecular weight excluding hydrogens is 214 g/mol. The zero-order chi connectivity index (χ0) is 12.3. The lowest BCUT2D eigenvalue weighted by atomic mass is 9.79. The maximum atomic E-state index is 11.6. The van der Waals surface area contributed by atoms with Gasteiger partial charge in [0.2, 0.25) is 0 Å². The Morgan fingerprint density at radius 3 is 3.00 bits per heavy atom. The first-order valence-electron chi connectivity index (χ1n) is 6.28. The number of carbonyl (C=O) groups is 1. The molecule has 0 amide bonds. The lowest BCUT2D eigenvalue weighted by Crippen LogP contribution is -2.30. The summed E-state index contributed by atoms with van der Waals surface area (Å²) >= 11 is 0. The molecule has 1 aliphatic rings. The molecule has 1 fully saturated rings. The molecule has 1 saturated carbocycles. The van der Waals surface area contributed by atoms with Crippen LogP contribution in [0.15, 0.2) is 24.5 Å². The molecule has 0 aromatic carbocycles. The van der Waals surface area contributed by atoms with E-state index < -0.39 is 11.4 Å². The summed E-state index contributed by atoms with van der Waals surface area (Å²) in [7, 11) is 0. The van der Waals surface area contributed by atoms with Crippen molar-refractivity contribution in [3.63, 3.8) is 0 Å². The summed E-state index contributed by atoms with van der Waals surface area (Å²) in [5.41, 5.74) is 0.482. The first kappa shape index (κ1) is 12.1. The Kier molecular flexibility index (Phi) is 3.46. The minimum absolute atomic E-state index is 0.552. The third-order valence-electron chi connectivity index (χ3n) is 4.01. The number of carboxylic acid groups (broad SMARTS) is 1. The molecule has 0 aliphatic heterocycles. The Balaban J connectivity index is 2.17. The van der Waals surface area contributed by atoms with Crippen LogP contribution in [0, 0.1) is 11.3 Å². The van der Waals surface area contributed by atoms with Crippen molar-refractivity contribution in [2.75, 3.05) is 0 Å². The number of nitrogens with zero attached hydrogens (tertiary/aromatic N) is 1. The summed E-state index contributed by atoms with van der Waals surface area (Å²) in [5, 5.41) is 9.52. The summed E-state index contributed by atoms with van der Waals surface area (Å²) in [6.07, 6.45) is 7.87. The number of hydrogen-bond acceptors (Lipinski definition) is 2. The molecule has 92 valence electrons. The van der Waals surface area contributed by atoms with Gasteiger partial charge in [-0.05, 0) is 43.2 Å². The first-order valence-corrected chi connectivity index (χ1v) is 6.28. The van der Waals surface area contributed by atoms with Crippen molar-refractivity contribution in [1.29, 1.82) is 0 Å². The van der Waals surface area contributed by atoms with E-state index in [1.807, 2.05) is 12.1 Å². The van der Waals surface area contributed by atoms with Crippen LogP contribution in [0.25, 0.3) is 0 Å². The summed E-state index contributed by atoms with van der Waals surface area (Å²) < 4.78 is 0. The molecule has 0 spiro atoms.